The van der Waals surface area contributed by atoms with Gasteiger partial charge in [0.15, 0.2) is 12.4 Å². The van der Waals surface area contributed by atoms with Gasteiger partial charge >= 0.3 is 5.97 Å². The van der Waals surface area contributed by atoms with Crippen LogP contribution in [0.2, 0.25) is 5.02 Å². The van der Waals surface area contributed by atoms with Crippen LogP contribution in [0.3, 0.4) is 0 Å². The van der Waals surface area contributed by atoms with E-state index in [1.165, 1.54) is 37.3 Å². The van der Waals surface area contributed by atoms with Crippen LogP contribution in [0.1, 0.15) is 27.6 Å². The third kappa shape index (κ3) is 5.61. The summed E-state index contributed by atoms with van der Waals surface area (Å²) in [6.45, 7) is 0.891. The minimum Gasteiger partial charge on any atom is -0.456 e. The van der Waals surface area contributed by atoms with Crippen molar-refractivity contribution in [3.8, 4) is 0 Å². The van der Waals surface area contributed by atoms with Crippen molar-refractivity contribution in [3.05, 3.63) is 74.8 Å². The van der Waals surface area contributed by atoms with Gasteiger partial charge in [-0.1, -0.05) is 17.7 Å². The molecule has 2 aromatic carbocycles. The van der Waals surface area contributed by atoms with Crippen molar-refractivity contribution in [2.24, 2.45) is 0 Å². The monoisotopic (exact) mass is 390 g/mol. The van der Waals surface area contributed by atoms with Gasteiger partial charge < -0.3 is 10.1 Å². The molecule has 0 aromatic heterocycles. The zero-order valence-corrected chi connectivity index (χ0v) is 14.9. The molecule has 2 aromatic rings. The van der Waals surface area contributed by atoms with Crippen LogP contribution in [0, 0.1) is 10.1 Å². The second-order valence-electron chi connectivity index (χ2n) is 5.54. The lowest BCUT2D eigenvalue weighted by Crippen LogP contribution is -2.40. The topological polar surface area (TPSA) is 116 Å². The van der Waals surface area contributed by atoms with Gasteiger partial charge in [0.25, 0.3) is 11.6 Å². The molecule has 0 aliphatic heterocycles. The Labute approximate surface area is 159 Å². The molecule has 0 bridgehead atoms. The predicted octanol–water partition coefficient (Wildman–Crippen LogP) is 2.79. The first-order valence-electron chi connectivity index (χ1n) is 7.78. The average molecular weight is 391 g/mol. The molecule has 0 aliphatic carbocycles. The van der Waals surface area contributed by atoms with Crippen molar-refractivity contribution >= 4 is 34.9 Å². The fourth-order valence-electron chi connectivity index (χ4n) is 2.08. The number of Topliss-reactive ketones (excluding diaryl/α,β-unsaturated/α-hetero) is 1. The van der Waals surface area contributed by atoms with Crippen LogP contribution in [0.25, 0.3) is 0 Å². The van der Waals surface area contributed by atoms with E-state index in [2.05, 4.69) is 5.32 Å². The maximum absolute atomic E-state index is 12.1. The minimum atomic E-state index is -1.05. The van der Waals surface area contributed by atoms with Gasteiger partial charge in [0, 0.05) is 28.3 Å². The lowest BCUT2D eigenvalue weighted by atomic mass is 10.1. The molecule has 1 atom stereocenters. The number of hydrogen-bond acceptors (Lipinski definition) is 6. The van der Waals surface area contributed by atoms with Crippen LogP contribution < -0.4 is 5.32 Å². The number of benzene rings is 2. The SMILES string of the molecule is C[C@H](NC(=O)c1cccc([N+](=O)[O-])c1)C(=O)OCC(=O)c1ccc(Cl)cc1. The summed E-state index contributed by atoms with van der Waals surface area (Å²) in [6, 6.07) is 10.1. The zero-order valence-electron chi connectivity index (χ0n) is 14.2. The summed E-state index contributed by atoms with van der Waals surface area (Å²) in [4.78, 5) is 46.1. The van der Waals surface area contributed by atoms with Crippen LogP contribution in [-0.4, -0.2) is 35.2 Å². The van der Waals surface area contributed by atoms with Crippen molar-refractivity contribution in [1.82, 2.24) is 5.32 Å². The highest BCUT2D eigenvalue weighted by molar-refractivity contribution is 6.30. The summed E-state index contributed by atoms with van der Waals surface area (Å²) < 4.78 is 4.90. The Balaban J connectivity index is 1.90. The van der Waals surface area contributed by atoms with Gasteiger partial charge in [-0.2, -0.15) is 0 Å². The molecule has 0 aliphatic rings. The van der Waals surface area contributed by atoms with E-state index in [0.717, 1.165) is 6.07 Å². The Kier molecular flexibility index (Phi) is 6.62. The molecule has 0 heterocycles. The maximum atomic E-state index is 12.1. The Bertz CT molecular complexity index is 882. The molecule has 0 saturated carbocycles. The number of halogens is 1. The molecule has 0 fully saturated rings. The third-order valence-electron chi connectivity index (χ3n) is 3.53. The van der Waals surface area contributed by atoms with Crippen LogP contribution in [0.4, 0.5) is 5.69 Å². The second-order valence-corrected chi connectivity index (χ2v) is 5.98. The molecule has 140 valence electrons. The number of carbonyl (C=O) groups is 3. The number of ketones is 1. The normalized spacial score (nSPS) is 11.3. The Morgan fingerprint density at radius 1 is 1.15 bits per heavy atom. The molecule has 0 radical (unpaired) electrons. The van der Waals surface area contributed by atoms with E-state index in [1.807, 2.05) is 0 Å². The van der Waals surface area contributed by atoms with E-state index in [0.29, 0.717) is 10.6 Å². The van der Waals surface area contributed by atoms with E-state index < -0.39 is 35.2 Å². The highest BCUT2D eigenvalue weighted by atomic mass is 35.5. The highest BCUT2D eigenvalue weighted by Gasteiger charge is 2.20. The molecule has 9 heteroatoms. The van der Waals surface area contributed by atoms with Crippen molar-refractivity contribution in [2.45, 2.75) is 13.0 Å². The molecule has 0 spiro atoms. The first-order chi connectivity index (χ1) is 12.8. The number of nitro benzene ring substituents is 1. The van der Waals surface area contributed by atoms with E-state index in [1.54, 1.807) is 12.1 Å². The van der Waals surface area contributed by atoms with Gasteiger partial charge in [0.05, 0.1) is 4.92 Å². The quantitative estimate of drug-likeness (QED) is 0.336. The van der Waals surface area contributed by atoms with Crippen molar-refractivity contribution in [2.75, 3.05) is 6.61 Å². The maximum Gasteiger partial charge on any atom is 0.328 e. The first-order valence-corrected chi connectivity index (χ1v) is 8.16. The molecule has 0 unspecified atom stereocenters. The van der Waals surface area contributed by atoms with Gasteiger partial charge in [0.2, 0.25) is 0 Å². The summed E-state index contributed by atoms with van der Waals surface area (Å²) in [5.41, 5.74) is 0.119. The van der Waals surface area contributed by atoms with Crippen LogP contribution >= 0.6 is 11.6 Å². The van der Waals surface area contributed by atoms with Gasteiger partial charge in [-0.05, 0) is 37.3 Å². The van der Waals surface area contributed by atoms with Crippen LogP contribution in [0.15, 0.2) is 48.5 Å². The number of non-ortho nitro benzene ring substituents is 1. The molecule has 1 N–H and O–H groups in total. The zero-order chi connectivity index (χ0) is 20.0. The number of rotatable bonds is 7. The summed E-state index contributed by atoms with van der Waals surface area (Å²) >= 11 is 5.74. The number of esters is 1. The van der Waals surface area contributed by atoms with E-state index in [9.17, 15) is 24.5 Å². The third-order valence-corrected chi connectivity index (χ3v) is 3.78. The number of nitro groups is 1. The van der Waals surface area contributed by atoms with Gasteiger partial charge in [0.1, 0.15) is 6.04 Å². The van der Waals surface area contributed by atoms with Crippen molar-refractivity contribution < 1.29 is 24.0 Å². The molecule has 2 rings (SSSR count). The highest BCUT2D eigenvalue weighted by Crippen LogP contribution is 2.13. The van der Waals surface area contributed by atoms with Crippen molar-refractivity contribution in [1.29, 1.82) is 0 Å². The number of hydrogen-bond donors (Lipinski definition) is 1. The molecule has 0 saturated heterocycles. The molecule has 8 nitrogen and oxygen atoms in total. The standard InChI is InChI=1S/C18H15ClN2O6/c1-11(20-17(23)13-3-2-4-15(9-13)21(25)26)18(24)27-10-16(22)12-5-7-14(19)8-6-12/h2-9,11H,10H2,1H3,(H,20,23)/t11-/m0/s1. The van der Waals surface area contributed by atoms with Crippen molar-refractivity contribution in [3.63, 3.8) is 0 Å². The fourth-order valence-corrected chi connectivity index (χ4v) is 2.21. The lowest BCUT2D eigenvalue weighted by molar-refractivity contribution is -0.384. The number of carbonyl (C=O) groups excluding carboxylic acids is 3. The number of nitrogens with one attached hydrogen (secondary N) is 1. The minimum absolute atomic E-state index is 0.0288. The largest absolute Gasteiger partial charge is 0.456 e. The van der Waals surface area contributed by atoms with Gasteiger partial charge in [-0.3, -0.25) is 19.7 Å². The van der Waals surface area contributed by atoms with Crippen LogP contribution in [0.5, 0.6) is 0 Å². The van der Waals surface area contributed by atoms with Gasteiger partial charge in [-0.15, -0.1) is 0 Å². The Morgan fingerprint density at radius 2 is 1.81 bits per heavy atom. The van der Waals surface area contributed by atoms with E-state index in [4.69, 9.17) is 16.3 Å². The Hall–Kier alpha value is -3.26. The first kappa shape index (κ1) is 20.1. The fraction of sp³-hybridized carbons (Fsp3) is 0.167. The molecular formula is C18H15ClN2O6. The van der Waals surface area contributed by atoms with E-state index in [-0.39, 0.29) is 11.3 Å². The average Bonchev–Trinajstić information content (AvgIpc) is 2.66. The smallest absolute Gasteiger partial charge is 0.328 e. The summed E-state index contributed by atoms with van der Waals surface area (Å²) in [6.07, 6.45) is 0. The number of nitrogens with zero attached hydrogens (tertiary/aromatic N) is 1. The Morgan fingerprint density at radius 3 is 2.44 bits per heavy atom. The predicted molar refractivity (Wildman–Crippen MR) is 96.8 cm³/mol. The molecular weight excluding hydrogens is 376 g/mol. The number of ether oxygens (including phenoxy) is 1. The summed E-state index contributed by atoms with van der Waals surface area (Å²) in [5.74, 6) is -1.90. The summed E-state index contributed by atoms with van der Waals surface area (Å²) in [5, 5.41) is 13.6. The lowest BCUT2D eigenvalue weighted by Gasteiger charge is -2.13. The van der Waals surface area contributed by atoms with Crippen LogP contribution in [-0.2, 0) is 9.53 Å². The summed E-state index contributed by atoms with van der Waals surface area (Å²) in [7, 11) is 0. The molecule has 27 heavy (non-hydrogen) atoms. The molecule has 1 amide bonds. The van der Waals surface area contributed by atoms with E-state index >= 15 is 0 Å². The number of amides is 1. The second kappa shape index (κ2) is 8.91. The van der Waals surface area contributed by atoms with Gasteiger partial charge in [-0.25, -0.2) is 4.79 Å².